The molecule has 1 aliphatic rings. The normalized spacial score (nSPS) is 15.4. The van der Waals surface area contributed by atoms with Crippen LogP contribution < -0.4 is 5.01 Å². The highest BCUT2D eigenvalue weighted by Crippen LogP contribution is 2.28. The summed E-state index contributed by atoms with van der Waals surface area (Å²) < 4.78 is 0. The first kappa shape index (κ1) is 22.0. The number of rotatable bonds is 5. The van der Waals surface area contributed by atoms with Crippen LogP contribution in [0.2, 0.25) is 5.02 Å². The Morgan fingerprint density at radius 1 is 0.875 bits per heavy atom. The maximum Gasteiger partial charge on any atom is 0.280 e. The third-order valence-electron chi connectivity index (χ3n) is 5.61. The predicted molar refractivity (Wildman–Crippen MR) is 134 cm³/mol. The summed E-state index contributed by atoms with van der Waals surface area (Å²) in [6, 6.07) is 25.8. The van der Waals surface area contributed by atoms with Gasteiger partial charge in [0.15, 0.2) is 0 Å². The minimum Gasteiger partial charge on any atom is -0.267 e. The van der Waals surface area contributed by atoms with E-state index in [1.54, 1.807) is 0 Å². The van der Waals surface area contributed by atoms with Crippen molar-refractivity contribution in [2.24, 2.45) is 5.10 Å². The van der Waals surface area contributed by atoms with E-state index in [0.717, 1.165) is 34.0 Å². The van der Waals surface area contributed by atoms with Crippen LogP contribution in [0.4, 0.5) is 5.69 Å². The van der Waals surface area contributed by atoms with Gasteiger partial charge >= 0.3 is 0 Å². The highest BCUT2D eigenvalue weighted by atomic mass is 35.5. The highest BCUT2D eigenvalue weighted by Gasteiger charge is 2.30. The zero-order valence-corrected chi connectivity index (χ0v) is 19.4. The van der Waals surface area contributed by atoms with Gasteiger partial charge in [-0.1, -0.05) is 87.0 Å². The minimum atomic E-state index is -0.0952. The van der Waals surface area contributed by atoms with E-state index >= 15 is 0 Å². The highest BCUT2D eigenvalue weighted by molar-refractivity contribution is 6.32. The molecule has 0 saturated carbocycles. The van der Waals surface area contributed by atoms with Crippen LogP contribution in [-0.4, -0.2) is 11.6 Å². The second-order valence-corrected chi connectivity index (χ2v) is 9.49. The first-order chi connectivity index (χ1) is 15.3. The molecule has 32 heavy (non-hydrogen) atoms. The molecule has 3 aromatic carbocycles. The maximum atomic E-state index is 13.3. The van der Waals surface area contributed by atoms with Crippen LogP contribution in [0.5, 0.6) is 0 Å². The van der Waals surface area contributed by atoms with Gasteiger partial charge in [-0.15, -0.1) is 0 Å². The zero-order chi connectivity index (χ0) is 22.7. The fourth-order valence-electron chi connectivity index (χ4n) is 3.69. The molecule has 4 rings (SSSR count). The van der Waals surface area contributed by atoms with Crippen molar-refractivity contribution in [3.63, 3.8) is 0 Å². The third-order valence-corrected chi connectivity index (χ3v) is 5.86. The van der Waals surface area contributed by atoms with E-state index in [0.29, 0.717) is 12.0 Å². The summed E-state index contributed by atoms with van der Waals surface area (Å²) in [6.07, 6.45) is 3.41. The number of hydrogen-bond acceptors (Lipinski definition) is 2. The lowest BCUT2D eigenvalue weighted by atomic mass is 9.86. The molecule has 1 aliphatic heterocycles. The van der Waals surface area contributed by atoms with Gasteiger partial charge in [0.1, 0.15) is 0 Å². The van der Waals surface area contributed by atoms with Crippen molar-refractivity contribution in [2.45, 2.75) is 39.0 Å². The van der Waals surface area contributed by atoms with Gasteiger partial charge in [-0.2, -0.15) is 10.1 Å². The van der Waals surface area contributed by atoms with Crippen LogP contribution in [0.15, 0.2) is 89.5 Å². The molecule has 0 unspecified atom stereocenters. The molecule has 3 aromatic rings. The van der Waals surface area contributed by atoms with Gasteiger partial charge < -0.3 is 0 Å². The summed E-state index contributed by atoms with van der Waals surface area (Å²) in [5.41, 5.74) is 5.73. The number of halogens is 1. The van der Waals surface area contributed by atoms with E-state index in [9.17, 15) is 4.79 Å². The number of carbonyl (C=O) groups is 1. The van der Waals surface area contributed by atoms with Gasteiger partial charge in [0, 0.05) is 5.02 Å². The predicted octanol–water partition coefficient (Wildman–Crippen LogP) is 7.06. The first-order valence-electron chi connectivity index (χ1n) is 10.9. The topological polar surface area (TPSA) is 32.7 Å². The molecule has 0 aliphatic carbocycles. The molecule has 1 amide bonds. The van der Waals surface area contributed by atoms with E-state index in [1.165, 1.54) is 10.6 Å². The molecule has 0 bridgehead atoms. The Balaban J connectivity index is 1.64. The lowest BCUT2D eigenvalue weighted by Crippen LogP contribution is -2.21. The Morgan fingerprint density at radius 2 is 1.53 bits per heavy atom. The number of aryl methyl sites for hydroxylation is 1. The van der Waals surface area contributed by atoms with Crippen molar-refractivity contribution in [3.8, 4) is 0 Å². The number of hydrogen-bond donors (Lipinski definition) is 0. The Morgan fingerprint density at radius 3 is 2.16 bits per heavy atom. The Bertz CT molecular complexity index is 1150. The number of para-hydroxylation sites is 1. The smallest absolute Gasteiger partial charge is 0.267 e. The number of amides is 1. The van der Waals surface area contributed by atoms with Crippen LogP contribution in [0.25, 0.3) is 6.08 Å². The van der Waals surface area contributed by atoms with E-state index in [4.69, 9.17) is 16.7 Å². The van der Waals surface area contributed by atoms with Crippen molar-refractivity contribution in [2.75, 3.05) is 5.01 Å². The van der Waals surface area contributed by atoms with E-state index in [2.05, 4.69) is 45.0 Å². The van der Waals surface area contributed by atoms with Crippen LogP contribution in [-0.2, 0) is 16.6 Å². The summed E-state index contributed by atoms with van der Waals surface area (Å²) in [4.78, 5) is 13.3. The quantitative estimate of drug-likeness (QED) is 0.389. The van der Waals surface area contributed by atoms with Gasteiger partial charge in [-0.25, -0.2) is 0 Å². The van der Waals surface area contributed by atoms with Gasteiger partial charge in [-0.05, 0) is 65.3 Å². The van der Waals surface area contributed by atoms with Crippen molar-refractivity contribution in [1.82, 2.24) is 0 Å². The fourth-order valence-corrected chi connectivity index (χ4v) is 3.82. The van der Waals surface area contributed by atoms with Gasteiger partial charge in [-0.3, -0.25) is 4.79 Å². The molecule has 1 heterocycles. The summed E-state index contributed by atoms with van der Waals surface area (Å²) >= 11 is 6.01. The molecule has 0 aromatic heterocycles. The summed E-state index contributed by atoms with van der Waals surface area (Å²) in [5, 5.41) is 6.94. The molecule has 0 atom stereocenters. The third kappa shape index (κ3) is 5.00. The zero-order valence-electron chi connectivity index (χ0n) is 18.7. The summed E-state index contributed by atoms with van der Waals surface area (Å²) in [7, 11) is 0. The van der Waals surface area contributed by atoms with Crippen molar-refractivity contribution in [3.05, 3.63) is 106 Å². The summed E-state index contributed by atoms with van der Waals surface area (Å²) in [5.74, 6) is -0.0952. The second kappa shape index (κ2) is 9.13. The van der Waals surface area contributed by atoms with Crippen LogP contribution >= 0.6 is 11.6 Å². The molecule has 0 N–H and O–H groups in total. The van der Waals surface area contributed by atoms with Crippen molar-refractivity contribution in [1.29, 1.82) is 0 Å². The average molecular weight is 443 g/mol. The molecule has 3 nitrogen and oxygen atoms in total. The van der Waals surface area contributed by atoms with Crippen LogP contribution in [0.1, 0.15) is 43.9 Å². The number of carbonyl (C=O) groups excluding carboxylic acids is 1. The van der Waals surface area contributed by atoms with E-state index < -0.39 is 0 Å². The first-order valence-corrected chi connectivity index (χ1v) is 11.2. The Kier molecular flexibility index (Phi) is 6.29. The number of benzene rings is 3. The minimum absolute atomic E-state index is 0.0875. The van der Waals surface area contributed by atoms with Crippen molar-refractivity contribution >= 4 is 35.0 Å². The van der Waals surface area contributed by atoms with Crippen molar-refractivity contribution < 1.29 is 4.79 Å². The number of hydrazone groups is 1. The molecule has 0 fully saturated rings. The standard InChI is InChI=1S/C28H27ClN2O/c1-28(2,3)22-14-9-21(10-15-22)19-25-26(18-13-20-11-16-23(29)17-12-20)30-31(27(25)32)24-7-5-4-6-8-24/h4-12,14-17,19H,13,18H2,1-3H3/b25-19+. The average Bonchev–Trinajstić information content (AvgIpc) is 3.09. The van der Waals surface area contributed by atoms with E-state index in [-0.39, 0.29) is 11.3 Å². The van der Waals surface area contributed by atoms with Gasteiger partial charge in [0.05, 0.1) is 17.0 Å². The summed E-state index contributed by atoms with van der Waals surface area (Å²) in [6.45, 7) is 6.58. The Hall–Kier alpha value is -3.17. The Labute approximate surface area is 195 Å². The van der Waals surface area contributed by atoms with Crippen LogP contribution in [0, 0.1) is 0 Å². The van der Waals surface area contributed by atoms with Gasteiger partial charge in [0.2, 0.25) is 0 Å². The monoisotopic (exact) mass is 442 g/mol. The molecule has 0 saturated heterocycles. The molecule has 162 valence electrons. The fraction of sp³-hybridized carbons (Fsp3) is 0.214. The number of anilines is 1. The molecule has 0 radical (unpaired) electrons. The second-order valence-electron chi connectivity index (χ2n) is 9.06. The van der Waals surface area contributed by atoms with Gasteiger partial charge in [0.25, 0.3) is 5.91 Å². The SMILES string of the molecule is CC(C)(C)c1ccc(/C=C2/C(=O)N(c3ccccc3)N=C2CCc2ccc(Cl)cc2)cc1. The molecule has 0 spiro atoms. The largest absolute Gasteiger partial charge is 0.280 e. The molecule has 4 heteroatoms. The lowest BCUT2D eigenvalue weighted by Gasteiger charge is -2.18. The lowest BCUT2D eigenvalue weighted by molar-refractivity contribution is -0.114. The molecular formula is C28H27ClN2O. The maximum absolute atomic E-state index is 13.3. The molecular weight excluding hydrogens is 416 g/mol. The van der Waals surface area contributed by atoms with E-state index in [1.807, 2.05) is 60.7 Å². The van der Waals surface area contributed by atoms with Crippen LogP contribution in [0.3, 0.4) is 0 Å². The number of nitrogens with zero attached hydrogens (tertiary/aromatic N) is 2.